The normalized spacial score (nSPS) is 11.2. The maximum atomic E-state index is 11.3. The molecular weight excluding hydrogens is 432 g/mol. The van der Waals surface area contributed by atoms with E-state index in [4.69, 9.17) is 0 Å². The van der Waals surface area contributed by atoms with Crippen LogP contribution in [0, 0.1) is 27.7 Å². The Bertz CT molecular complexity index is 1030. The minimum absolute atomic E-state index is 0.341. The Balaban J connectivity index is 1.90. The average Bonchev–Trinajstić information content (AvgIpc) is 2.81. The molecule has 3 rings (SSSR count). The lowest BCUT2D eigenvalue weighted by Gasteiger charge is -2.16. The number of phenols is 3. The summed E-state index contributed by atoms with van der Waals surface area (Å²) in [6.07, 6.45) is 9.80. The van der Waals surface area contributed by atoms with Gasteiger partial charge in [0.1, 0.15) is 17.2 Å². The highest BCUT2D eigenvalue weighted by Gasteiger charge is 2.14. The third kappa shape index (κ3) is 7.04. The van der Waals surface area contributed by atoms with Crippen LogP contribution < -0.4 is 0 Å². The fraction of sp³-hybridized carbons (Fsp3) is 0.438. The van der Waals surface area contributed by atoms with Crippen LogP contribution in [0.15, 0.2) is 36.4 Å². The van der Waals surface area contributed by atoms with Gasteiger partial charge in [0.2, 0.25) is 0 Å². The molecule has 0 atom stereocenters. The molecule has 0 aliphatic carbocycles. The average molecular weight is 475 g/mol. The predicted octanol–water partition coefficient (Wildman–Crippen LogP) is 8.12. The van der Waals surface area contributed by atoms with E-state index in [-0.39, 0.29) is 0 Å². The van der Waals surface area contributed by atoms with Crippen molar-refractivity contribution in [2.24, 2.45) is 0 Å². The predicted molar refractivity (Wildman–Crippen MR) is 146 cm³/mol. The van der Waals surface area contributed by atoms with Crippen LogP contribution in [0.2, 0.25) is 0 Å². The highest BCUT2D eigenvalue weighted by atomic mass is 16.3. The number of hydrogen-bond donors (Lipinski definition) is 3. The molecule has 0 aromatic heterocycles. The molecule has 3 aromatic carbocycles. The highest BCUT2D eigenvalue weighted by Crippen LogP contribution is 2.33. The number of phenolic OH excluding ortho intramolecular Hbond substituents is 3. The Morgan fingerprint density at radius 2 is 0.886 bits per heavy atom. The third-order valence-electron chi connectivity index (χ3n) is 7.04. The molecule has 0 saturated carbocycles. The topological polar surface area (TPSA) is 60.7 Å². The molecule has 0 bridgehead atoms. The third-order valence-corrected chi connectivity index (χ3v) is 7.04. The van der Waals surface area contributed by atoms with Crippen LogP contribution in [0.3, 0.4) is 0 Å². The Hall–Kier alpha value is -2.94. The van der Waals surface area contributed by atoms with Crippen molar-refractivity contribution in [3.8, 4) is 17.2 Å². The molecule has 0 saturated heterocycles. The van der Waals surface area contributed by atoms with Crippen molar-refractivity contribution < 1.29 is 15.3 Å². The second kappa shape index (κ2) is 12.2. The molecule has 3 nitrogen and oxygen atoms in total. The van der Waals surface area contributed by atoms with Crippen molar-refractivity contribution in [3.05, 3.63) is 86.5 Å². The van der Waals surface area contributed by atoms with Crippen LogP contribution in [0.5, 0.6) is 17.2 Å². The molecule has 0 amide bonds. The number of hydrogen-bond acceptors (Lipinski definition) is 3. The van der Waals surface area contributed by atoms with Crippen LogP contribution in [0.4, 0.5) is 0 Å². The van der Waals surface area contributed by atoms with E-state index < -0.39 is 0 Å². The fourth-order valence-electron chi connectivity index (χ4n) is 5.09. The SMILES string of the molecule is CCCCCCCCc1cc(Cc2cc(C)c(O)c(C)c2)c(O)c(Cc2cc(C)c(O)c(C)c2)c1. The van der Waals surface area contributed by atoms with E-state index in [1.165, 1.54) is 37.7 Å². The number of benzene rings is 3. The van der Waals surface area contributed by atoms with Gasteiger partial charge in [-0.3, -0.25) is 0 Å². The van der Waals surface area contributed by atoms with Gasteiger partial charge in [-0.2, -0.15) is 0 Å². The maximum Gasteiger partial charge on any atom is 0.122 e. The Kier molecular flexibility index (Phi) is 9.26. The van der Waals surface area contributed by atoms with E-state index in [0.29, 0.717) is 30.1 Å². The van der Waals surface area contributed by atoms with Crippen LogP contribution in [-0.2, 0) is 19.3 Å². The van der Waals surface area contributed by atoms with E-state index in [1.54, 1.807) is 0 Å². The fourth-order valence-corrected chi connectivity index (χ4v) is 5.09. The summed E-state index contributed by atoms with van der Waals surface area (Å²) >= 11 is 0. The number of aryl methyl sites for hydroxylation is 5. The zero-order valence-corrected chi connectivity index (χ0v) is 22.2. The lowest BCUT2D eigenvalue weighted by atomic mass is 9.91. The minimum atomic E-state index is 0.341. The molecular formula is C32H42O3. The summed E-state index contributed by atoms with van der Waals surface area (Å²) < 4.78 is 0. The van der Waals surface area contributed by atoms with Crippen molar-refractivity contribution in [1.29, 1.82) is 0 Å². The molecule has 0 fully saturated rings. The van der Waals surface area contributed by atoms with E-state index >= 15 is 0 Å². The summed E-state index contributed by atoms with van der Waals surface area (Å²) in [5.74, 6) is 1.03. The molecule has 0 heterocycles. The summed E-state index contributed by atoms with van der Waals surface area (Å²) in [5.41, 5.74) is 8.74. The van der Waals surface area contributed by atoms with Crippen molar-refractivity contribution in [2.75, 3.05) is 0 Å². The summed E-state index contributed by atoms with van der Waals surface area (Å²) in [6.45, 7) is 9.92. The highest BCUT2D eigenvalue weighted by molar-refractivity contribution is 5.51. The smallest absolute Gasteiger partial charge is 0.122 e. The largest absolute Gasteiger partial charge is 0.507 e. The summed E-state index contributed by atoms with van der Waals surface area (Å²) in [6, 6.07) is 12.4. The maximum absolute atomic E-state index is 11.3. The first-order valence-electron chi connectivity index (χ1n) is 13.1. The molecule has 188 valence electrons. The van der Waals surface area contributed by atoms with Crippen LogP contribution in [0.1, 0.15) is 95.5 Å². The van der Waals surface area contributed by atoms with Gasteiger partial charge in [-0.15, -0.1) is 0 Å². The van der Waals surface area contributed by atoms with Gasteiger partial charge in [0, 0.05) is 12.8 Å². The molecule has 3 N–H and O–H groups in total. The minimum Gasteiger partial charge on any atom is -0.507 e. The molecule has 0 radical (unpaired) electrons. The Morgan fingerprint density at radius 1 is 0.486 bits per heavy atom. The van der Waals surface area contributed by atoms with Gasteiger partial charge in [0.25, 0.3) is 0 Å². The molecule has 0 aliphatic rings. The molecule has 0 aliphatic heterocycles. The first-order chi connectivity index (χ1) is 16.7. The molecule has 3 heteroatoms. The number of aromatic hydroxyl groups is 3. The number of unbranched alkanes of at least 4 members (excludes halogenated alkanes) is 5. The van der Waals surface area contributed by atoms with E-state index in [9.17, 15) is 15.3 Å². The van der Waals surface area contributed by atoms with Gasteiger partial charge < -0.3 is 15.3 Å². The Labute approximate surface area is 211 Å². The van der Waals surface area contributed by atoms with E-state index in [1.807, 2.05) is 52.0 Å². The van der Waals surface area contributed by atoms with Crippen molar-refractivity contribution in [3.63, 3.8) is 0 Å². The molecule has 3 aromatic rings. The first kappa shape index (κ1) is 26.7. The zero-order valence-electron chi connectivity index (χ0n) is 22.2. The Morgan fingerprint density at radius 3 is 1.31 bits per heavy atom. The lowest BCUT2D eigenvalue weighted by Crippen LogP contribution is -2.00. The molecule has 0 unspecified atom stereocenters. The first-order valence-corrected chi connectivity index (χ1v) is 13.1. The van der Waals surface area contributed by atoms with Crippen LogP contribution in [0.25, 0.3) is 0 Å². The molecule has 35 heavy (non-hydrogen) atoms. The van der Waals surface area contributed by atoms with Gasteiger partial charge in [-0.05, 0) is 90.6 Å². The van der Waals surface area contributed by atoms with Gasteiger partial charge in [0.05, 0.1) is 0 Å². The van der Waals surface area contributed by atoms with Crippen molar-refractivity contribution in [2.45, 2.75) is 92.4 Å². The van der Waals surface area contributed by atoms with Gasteiger partial charge in [-0.25, -0.2) is 0 Å². The van der Waals surface area contributed by atoms with E-state index in [2.05, 4.69) is 19.1 Å². The van der Waals surface area contributed by atoms with E-state index in [0.717, 1.165) is 57.3 Å². The van der Waals surface area contributed by atoms with Crippen LogP contribution in [-0.4, -0.2) is 15.3 Å². The monoisotopic (exact) mass is 474 g/mol. The summed E-state index contributed by atoms with van der Waals surface area (Å²) in [5, 5.41) is 31.6. The zero-order chi connectivity index (χ0) is 25.5. The van der Waals surface area contributed by atoms with Gasteiger partial charge in [0.15, 0.2) is 0 Å². The summed E-state index contributed by atoms with van der Waals surface area (Å²) in [7, 11) is 0. The standard InChI is InChI=1S/C32H42O3/c1-6-7-8-9-10-11-12-25-17-28(19-26-13-21(2)30(33)22(3)14-26)32(35)29(18-25)20-27-15-23(4)31(34)24(5)16-27/h13-18,33-35H,6-12,19-20H2,1-5H3. The second-order valence-electron chi connectivity index (χ2n) is 10.3. The van der Waals surface area contributed by atoms with Crippen LogP contribution >= 0.6 is 0 Å². The van der Waals surface area contributed by atoms with Gasteiger partial charge >= 0.3 is 0 Å². The van der Waals surface area contributed by atoms with Crippen molar-refractivity contribution >= 4 is 0 Å². The second-order valence-corrected chi connectivity index (χ2v) is 10.3. The quantitative estimate of drug-likeness (QED) is 0.246. The van der Waals surface area contributed by atoms with Crippen molar-refractivity contribution in [1.82, 2.24) is 0 Å². The lowest BCUT2D eigenvalue weighted by molar-refractivity contribution is 0.462. The van der Waals surface area contributed by atoms with Gasteiger partial charge in [-0.1, -0.05) is 75.4 Å². The molecule has 0 spiro atoms. The summed E-state index contributed by atoms with van der Waals surface area (Å²) in [4.78, 5) is 0. The number of rotatable bonds is 11.